The second-order valence-electron chi connectivity index (χ2n) is 6.46. The highest BCUT2D eigenvalue weighted by Crippen LogP contribution is 2.24. The molecule has 2 aromatic rings. The molecule has 0 aliphatic carbocycles. The number of likely N-dealkylation sites (tertiary alicyclic amines) is 1. The third kappa shape index (κ3) is 3.89. The molecule has 124 valence electrons. The van der Waals surface area contributed by atoms with Gasteiger partial charge in [0.15, 0.2) is 0 Å². The number of aromatic nitrogens is 3. The van der Waals surface area contributed by atoms with Crippen LogP contribution in [0, 0.1) is 0 Å². The number of aliphatic hydroxyl groups excluding tert-OH is 1. The largest absolute Gasteiger partial charge is 0.491 e. The molecule has 1 fully saturated rings. The summed E-state index contributed by atoms with van der Waals surface area (Å²) in [6.07, 6.45) is 1.46. The van der Waals surface area contributed by atoms with Crippen LogP contribution in [0.25, 0.3) is 0 Å². The maximum Gasteiger partial charge on any atom is 0.120 e. The number of hydrogen-bond donors (Lipinski definition) is 1. The fourth-order valence-corrected chi connectivity index (χ4v) is 2.75. The molecule has 0 radical (unpaired) electrons. The van der Waals surface area contributed by atoms with Crippen molar-refractivity contribution in [3.8, 4) is 5.75 Å². The van der Waals surface area contributed by atoms with Gasteiger partial charge in [0.1, 0.15) is 11.4 Å². The SMILES string of the molecule is CC(C)Oc1cccc(CN2CC(n3cc([C@H](C)O)nn3)C2)c1. The molecule has 1 aromatic carbocycles. The molecule has 0 spiro atoms. The molecule has 1 saturated heterocycles. The Morgan fingerprint density at radius 3 is 2.74 bits per heavy atom. The minimum atomic E-state index is -0.566. The summed E-state index contributed by atoms with van der Waals surface area (Å²) in [6.45, 7) is 8.56. The molecule has 0 unspecified atom stereocenters. The van der Waals surface area contributed by atoms with Crippen LogP contribution in [0.15, 0.2) is 30.5 Å². The highest BCUT2D eigenvalue weighted by molar-refractivity contribution is 5.28. The van der Waals surface area contributed by atoms with Crippen LogP contribution in [0.1, 0.15) is 44.2 Å². The van der Waals surface area contributed by atoms with E-state index in [4.69, 9.17) is 4.74 Å². The molecule has 0 saturated carbocycles. The van der Waals surface area contributed by atoms with E-state index in [0.29, 0.717) is 11.7 Å². The van der Waals surface area contributed by atoms with Crippen molar-refractivity contribution >= 4 is 0 Å². The Balaban J connectivity index is 1.53. The molecule has 1 aliphatic rings. The molecule has 6 nitrogen and oxygen atoms in total. The third-order valence-corrected chi connectivity index (χ3v) is 3.94. The maximum atomic E-state index is 9.51. The summed E-state index contributed by atoms with van der Waals surface area (Å²) in [5, 5.41) is 17.6. The van der Waals surface area contributed by atoms with Crippen molar-refractivity contribution in [2.24, 2.45) is 0 Å². The van der Waals surface area contributed by atoms with Crippen LogP contribution in [-0.4, -0.2) is 44.2 Å². The Morgan fingerprint density at radius 1 is 1.30 bits per heavy atom. The summed E-state index contributed by atoms with van der Waals surface area (Å²) >= 11 is 0. The fourth-order valence-electron chi connectivity index (χ4n) is 2.75. The van der Waals surface area contributed by atoms with Gasteiger partial charge < -0.3 is 9.84 Å². The van der Waals surface area contributed by atoms with E-state index in [1.165, 1.54) is 5.56 Å². The number of nitrogens with zero attached hydrogens (tertiary/aromatic N) is 4. The lowest BCUT2D eigenvalue weighted by atomic mass is 10.1. The molecule has 1 N–H and O–H groups in total. The van der Waals surface area contributed by atoms with Crippen molar-refractivity contribution in [3.05, 3.63) is 41.7 Å². The zero-order chi connectivity index (χ0) is 16.4. The lowest BCUT2D eigenvalue weighted by Gasteiger charge is -2.38. The van der Waals surface area contributed by atoms with Gasteiger partial charge in [-0.1, -0.05) is 17.3 Å². The lowest BCUT2D eigenvalue weighted by Crippen LogP contribution is -2.47. The van der Waals surface area contributed by atoms with E-state index >= 15 is 0 Å². The first-order valence-electron chi connectivity index (χ1n) is 8.09. The maximum absolute atomic E-state index is 9.51. The first-order chi connectivity index (χ1) is 11.0. The smallest absolute Gasteiger partial charge is 0.120 e. The van der Waals surface area contributed by atoms with Gasteiger partial charge in [0, 0.05) is 19.6 Å². The Kier molecular flexibility index (Phi) is 4.63. The van der Waals surface area contributed by atoms with Gasteiger partial charge in [-0.15, -0.1) is 5.10 Å². The van der Waals surface area contributed by atoms with Crippen LogP contribution in [0.5, 0.6) is 5.75 Å². The standard InChI is InChI=1S/C17H24N4O2/c1-12(2)23-16-6-4-5-14(7-16)8-20-9-15(10-20)21-11-17(13(3)22)18-19-21/h4-7,11-13,15,22H,8-10H2,1-3H3/t13-/m0/s1. The number of benzene rings is 1. The highest BCUT2D eigenvalue weighted by Gasteiger charge is 2.29. The second-order valence-corrected chi connectivity index (χ2v) is 6.46. The average molecular weight is 316 g/mol. The summed E-state index contributed by atoms with van der Waals surface area (Å²) in [4.78, 5) is 2.36. The predicted octanol–water partition coefficient (Wildman–Crippen LogP) is 2.18. The van der Waals surface area contributed by atoms with Crippen LogP contribution in [0.2, 0.25) is 0 Å². The van der Waals surface area contributed by atoms with E-state index in [2.05, 4.69) is 27.3 Å². The molecule has 1 atom stereocenters. The van der Waals surface area contributed by atoms with Crippen LogP contribution in [0.4, 0.5) is 0 Å². The molecule has 1 aliphatic heterocycles. The predicted molar refractivity (Wildman–Crippen MR) is 87.2 cm³/mol. The van der Waals surface area contributed by atoms with Crippen LogP contribution >= 0.6 is 0 Å². The van der Waals surface area contributed by atoms with E-state index in [-0.39, 0.29) is 6.10 Å². The summed E-state index contributed by atoms with van der Waals surface area (Å²) in [5.74, 6) is 0.924. The molecule has 23 heavy (non-hydrogen) atoms. The summed E-state index contributed by atoms with van der Waals surface area (Å²) in [6, 6.07) is 8.60. The fraction of sp³-hybridized carbons (Fsp3) is 0.529. The van der Waals surface area contributed by atoms with Crippen molar-refractivity contribution in [3.63, 3.8) is 0 Å². The molecule has 0 bridgehead atoms. The first-order valence-corrected chi connectivity index (χ1v) is 8.09. The van der Waals surface area contributed by atoms with Crippen molar-refractivity contribution in [2.75, 3.05) is 13.1 Å². The van der Waals surface area contributed by atoms with Gasteiger partial charge in [-0.2, -0.15) is 0 Å². The van der Waals surface area contributed by atoms with Crippen molar-refractivity contribution in [1.29, 1.82) is 0 Å². The summed E-state index contributed by atoms with van der Waals surface area (Å²) in [5.41, 5.74) is 1.88. The molecule has 2 heterocycles. The summed E-state index contributed by atoms with van der Waals surface area (Å²) in [7, 11) is 0. The van der Waals surface area contributed by atoms with E-state index in [1.54, 1.807) is 6.92 Å². The number of ether oxygens (including phenoxy) is 1. The van der Waals surface area contributed by atoms with E-state index in [1.807, 2.05) is 36.9 Å². The van der Waals surface area contributed by atoms with Gasteiger partial charge in [-0.05, 0) is 38.5 Å². The Bertz CT molecular complexity index is 648. The van der Waals surface area contributed by atoms with Crippen LogP contribution in [-0.2, 0) is 6.54 Å². The van der Waals surface area contributed by atoms with E-state index in [0.717, 1.165) is 25.4 Å². The first kappa shape index (κ1) is 16.0. The molecule has 1 aromatic heterocycles. The lowest BCUT2D eigenvalue weighted by molar-refractivity contribution is 0.0894. The molecular formula is C17H24N4O2. The van der Waals surface area contributed by atoms with Crippen molar-refractivity contribution < 1.29 is 9.84 Å². The molecule has 6 heteroatoms. The van der Waals surface area contributed by atoms with Crippen LogP contribution in [0.3, 0.4) is 0 Å². The zero-order valence-electron chi connectivity index (χ0n) is 13.9. The van der Waals surface area contributed by atoms with Gasteiger partial charge in [0.25, 0.3) is 0 Å². The second kappa shape index (κ2) is 6.68. The van der Waals surface area contributed by atoms with E-state index in [9.17, 15) is 5.11 Å². The minimum Gasteiger partial charge on any atom is -0.491 e. The van der Waals surface area contributed by atoms with Gasteiger partial charge in [0.05, 0.1) is 24.4 Å². The van der Waals surface area contributed by atoms with Gasteiger partial charge in [-0.25, -0.2) is 4.68 Å². The average Bonchev–Trinajstić information content (AvgIpc) is 2.91. The number of rotatable bonds is 6. The summed E-state index contributed by atoms with van der Waals surface area (Å²) < 4.78 is 7.60. The zero-order valence-corrected chi connectivity index (χ0v) is 13.9. The molecule has 3 rings (SSSR count). The van der Waals surface area contributed by atoms with Crippen molar-refractivity contribution in [2.45, 2.75) is 45.6 Å². The highest BCUT2D eigenvalue weighted by atomic mass is 16.5. The van der Waals surface area contributed by atoms with Gasteiger partial charge in [0.2, 0.25) is 0 Å². The van der Waals surface area contributed by atoms with Gasteiger partial charge in [-0.3, -0.25) is 4.90 Å². The monoisotopic (exact) mass is 316 g/mol. The Hall–Kier alpha value is -1.92. The Labute approximate surface area is 136 Å². The molecular weight excluding hydrogens is 292 g/mol. The number of aliphatic hydroxyl groups is 1. The van der Waals surface area contributed by atoms with E-state index < -0.39 is 6.10 Å². The molecule has 0 amide bonds. The number of hydrogen-bond acceptors (Lipinski definition) is 5. The topological polar surface area (TPSA) is 63.4 Å². The Morgan fingerprint density at radius 2 is 2.09 bits per heavy atom. The normalized spacial score (nSPS) is 17.3. The quantitative estimate of drug-likeness (QED) is 0.885. The third-order valence-electron chi connectivity index (χ3n) is 3.94. The van der Waals surface area contributed by atoms with Crippen molar-refractivity contribution in [1.82, 2.24) is 19.9 Å². The van der Waals surface area contributed by atoms with Crippen LogP contribution < -0.4 is 4.74 Å². The minimum absolute atomic E-state index is 0.189. The van der Waals surface area contributed by atoms with Gasteiger partial charge >= 0.3 is 0 Å².